The van der Waals surface area contributed by atoms with Crippen molar-refractivity contribution in [2.75, 3.05) is 19.5 Å². The minimum Gasteiger partial charge on any atom is -0.466 e. The molecule has 0 saturated heterocycles. The largest absolute Gasteiger partial charge is 0.466 e. The zero-order valence-corrected chi connectivity index (χ0v) is 13.8. The highest BCUT2D eigenvalue weighted by Gasteiger charge is 2.12. The Morgan fingerprint density at radius 2 is 1.76 bits per heavy atom. The van der Waals surface area contributed by atoms with Gasteiger partial charge < -0.3 is 14.8 Å². The normalized spacial score (nSPS) is 10.5. The van der Waals surface area contributed by atoms with E-state index in [4.69, 9.17) is 5.26 Å². The van der Waals surface area contributed by atoms with Crippen molar-refractivity contribution in [1.82, 2.24) is 0 Å². The molecule has 0 fully saturated rings. The second kappa shape index (κ2) is 8.31. The van der Waals surface area contributed by atoms with Crippen LogP contribution in [0.3, 0.4) is 0 Å². The van der Waals surface area contributed by atoms with Gasteiger partial charge in [-0.05, 0) is 35.4 Å². The fraction of sp³-hybridized carbons (Fsp3) is 0.105. The van der Waals surface area contributed by atoms with Gasteiger partial charge in [-0.15, -0.1) is 0 Å². The number of nitriles is 1. The van der Waals surface area contributed by atoms with Crippen molar-refractivity contribution in [3.8, 4) is 17.2 Å². The summed E-state index contributed by atoms with van der Waals surface area (Å²) in [7, 11) is 2.44. The topological polar surface area (TPSA) is 88.4 Å². The molecule has 0 aliphatic heterocycles. The van der Waals surface area contributed by atoms with Crippen LogP contribution >= 0.6 is 0 Å². The molecule has 0 aliphatic carbocycles. The lowest BCUT2D eigenvalue weighted by molar-refractivity contribution is -0.138. The van der Waals surface area contributed by atoms with Crippen molar-refractivity contribution in [1.29, 1.82) is 5.26 Å². The molecule has 6 heteroatoms. The molecule has 0 aromatic heterocycles. The van der Waals surface area contributed by atoms with E-state index in [1.165, 1.54) is 14.2 Å². The Morgan fingerprint density at radius 1 is 1.04 bits per heavy atom. The highest BCUT2D eigenvalue weighted by molar-refractivity contribution is 5.98. The summed E-state index contributed by atoms with van der Waals surface area (Å²) in [6, 6.07) is 16.5. The third-order valence-corrected chi connectivity index (χ3v) is 3.36. The van der Waals surface area contributed by atoms with Gasteiger partial charge in [0.2, 0.25) is 0 Å². The minimum atomic E-state index is -0.684. The third-order valence-electron chi connectivity index (χ3n) is 3.36. The van der Waals surface area contributed by atoms with Gasteiger partial charge in [0, 0.05) is 5.69 Å². The number of ether oxygens (including phenoxy) is 2. The quantitative estimate of drug-likeness (QED) is 0.667. The van der Waals surface area contributed by atoms with E-state index in [9.17, 15) is 9.59 Å². The predicted molar refractivity (Wildman–Crippen MR) is 92.3 cm³/mol. The number of nitrogens with one attached hydrogen (secondary N) is 1. The van der Waals surface area contributed by atoms with Crippen LogP contribution in [0.5, 0.6) is 0 Å². The van der Waals surface area contributed by atoms with Crippen LogP contribution in [0, 0.1) is 11.3 Å². The van der Waals surface area contributed by atoms with Crippen LogP contribution in [0.4, 0.5) is 5.69 Å². The first kappa shape index (κ1) is 17.8. The lowest BCUT2D eigenvalue weighted by Gasteiger charge is -2.10. The number of benzene rings is 2. The molecule has 0 bridgehead atoms. The van der Waals surface area contributed by atoms with Gasteiger partial charge >= 0.3 is 11.9 Å². The van der Waals surface area contributed by atoms with Crippen molar-refractivity contribution in [2.24, 2.45) is 0 Å². The van der Waals surface area contributed by atoms with E-state index in [1.54, 1.807) is 24.3 Å². The highest BCUT2D eigenvalue weighted by Crippen LogP contribution is 2.23. The molecule has 2 rings (SSSR count). The van der Waals surface area contributed by atoms with Crippen LogP contribution < -0.4 is 5.32 Å². The van der Waals surface area contributed by atoms with Crippen LogP contribution in [-0.2, 0) is 19.1 Å². The van der Waals surface area contributed by atoms with Gasteiger partial charge in [-0.25, -0.2) is 9.59 Å². The first-order chi connectivity index (χ1) is 12.1. The van der Waals surface area contributed by atoms with E-state index in [-0.39, 0.29) is 5.70 Å². The van der Waals surface area contributed by atoms with E-state index in [1.807, 2.05) is 24.3 Å². The van der Waals surface area contributed by atoms with Crippen LogP contribution in [0.25, 0.3) is 11.1 Å². The van der Waals surface area contributed by atoms with E-state index >= 15 is 0 Å². The molecule has 1 N–H and O–H groups in total. The molecule has 0 spiro atoms. The van der Waals surface area contributed by atoms with Crippen LogP contribution in [0.1, 0.15) is 5.56 Å². The Hall–Kier alpha value is -3.59. The second-order valence-electron chi connectivity index (χ2n) is 4.97. The van der Waals surface area contributed by atoms with Gasteiger partial charge in [0.25, 0.3) is 0 Å². The second-order valence-corrected chi connectivity index (χ2v) is 4.97. The molecule has 2 aromatic carbocycles. The Balaban J connectivity index is 2.23. The van der Waals surface area contributed by atoms with Crippen LogP contribution in [0.15, 0.2) is 60.3 Å². The van der Waals surface area contributed by atoms with Crippen LogP contribution in [-0.4, -0.2) is 26.2 Å². The number of carbonyl (C=O) groups is 2. The number of carbonyl (C=O) groups excluding carboxylic acids is 2. The molecule has 0 radical (unpaired) electrons. The Kier molecular flexibility index (Phi) is 5.91. The number of nitrogens with zero attached hydrogens (tertiary/aromatic N) is 1. The van der Waals surface area contributed by atoms with Gasteiger partial charge in [-0.3, -0.25) is 0 Å². The smallest absolute Gasteiger partial charge is 0.354 e. The van der Waals surface area contributed by atoms with Gasteiger partial charge in [0.05, 0.1) is 31.9 Å². The molecule has 6 nitrogen and oxygen atoms in total. The maximum absolute atomic E-state index is 11.7. The van der Waals surface area contributed by atoms with E-state index in [0.29, 0.717) is 11.3 Å². The summed E-state index contributed by atoms with van der Waals surface area (Å²) < 4.78 is 9.16. The first-order valence-electron chi connectivity index (χ1n) is 7.33. The van der Waals surface area contributed by atoms with Crippen molar-refractivity contribution in [3.05, 3.63) is 65.9 Å². The molecule has 2 aromatic rings. The van der Waals surface area contributed by atoms with Crippen molar-refractivity contribution < 1.29 is 19.1 Å². The fourth-order valence-corrected chi connectivity index (χ4v) is 2.10. The molecule has 0 saturated carbocycles. The lowest BCUT2D eigenvalue weighted by Crippen LogP contribution is -2.15. The molecule has 126 valence electrons. The van der Waals surface area contributed by atoms with Gasteiger partial charge in [-0.1, -0.05) is 24.3 Å². The zero-order valence-electron chi connectivity index (χ0n) is 13.8. The number of hydrogen-bond acceptors (Lipinski definition) is 6. The van der Waals surface area contributed by atoms with Gasteiger partial charge in [0.15, 0.2) is 0 Å². The fourth-order valence-electron chi connectivity index (χ4n) is 2.10. The van der Waals surface area contributed by atoms with Gasteiger partial charge in [0.1, 0.15) is 5.70 Å². The monoisotopic (exact) mass is 336 g/mol. The lowest BCUT2D eigenvalue weighted by atomic mass is 10.0. The molecule has 0 amide bonds. The average Bonchev–Trinajstić information content (AvgIpc) is 2.67. The summed E-state index contributed by atoms with van der Waals surface area (Å²) in [5.41, 5.74) is 2.96. The number of esters is 2. The number of anilines is 1. The van der Waals surface area contributed by atoms with Crippen molar-refractivity contribution >= 4 is 17.6 Å². The maximum atomic E-state index is 11.7. The minimum absolute atomic E-state index is 0.0337. The summed E-state index contributed by atoms with van der Waals surface area (Å²) in [5.74, 6) is -1.35. The highest BCUT2D eigenvalue weighted by atomic mass is 16.5. The van der Waals surface area contributed by atoms with E-state index in [2.05, 4.69) is 20.9 Å². The summed E-state index contributed by atoms with van der Waals surface area (Å²) in [4.78, 5) is 23.1. The molecule has 0 heterocycles. The molecule has 25 heavy (non-hydrogen) atoms. The average molecular weight is 336 g/mol. The first-order valence-corrected chi connectivity index (χ1v) is 7.33. The molecule has 0 aliphatic rings. The number of methoxy groups -OCH3 is 2. The predicted octanol–water partition coefficient (Wildman–Crippen LogP) is 2.87. The zero-order chi connectivity index (χ0) is 18.2. The molecule has 0 atom stereocenters. The Labute approximate surface area is 145 Å². The van der Waals surface area contributed by atoms with Crippen molar-refractivity contribution in [3.63, 3.8) is 0 Å². The summed E-state index contributed by atoms with van der Waals surface area (Å²) >= 11 is 0. The molecular formula is C19H16N2O4. The van der Waals surface area contributed by atoms with Crippen molar-refractivity contribution in [2.45, 2.75) is 0 Å². The number of hydrogen-bond donors (Lipinski definition) is 1. The summed E-state index contributed by atoms with van der Waals surface area (Å²) in [6.45, 7) is 0. The maximum Gasteiger partial charge on any atom is 0.354 e. The van der Waals surface area contributed by atoms with E-state index < -0.39 is 11.9 Å². The standard InChI is InChI=1S/C19H16N2O4/c1-24-18(22)11-17(19(23)25-2)21-16-8-6-14(7-9-16)15-5-3-4-13(10-15)12-20/h3-11,21H,1-2H3/b17-11+. The Bertz CT molecular complexity index is 848. The Morgan fingerprint density at radius 3 is 2.36 bits per heavy atom. The number of rotatable bonds is 5. The van der Waals surface area contributed by atoms with Gasteiger partial charge in [-0.2, -0.15) is 5.26 Å². The van der Waals surface area contributed by atoms with E-state index in [0.717, 1.165) is 17.2 Å². The molecular weight excluding hydrogens is 320 g/mol. The molecule has 0 unspecified atom stereocenters. The summed E-state index contributed by atoms with van der Waals surface area (Å²) in [5, 5.41) is 11.8. The summed E-state index contributed by atoms with van der Waals surface area (Å²) in [6.07, 6.45) is 1.02. The SMILES string of the molecule is COC(=O)/C=C(/Nc1ccc(-c2cccc(C#N)c2)cc1)C(=O)OC. The van der Waals surface area contributed by atoms with Crippen LogP contribution in [0.2, 0.25) is 0 Å². The third kappa shape index (κ3) is 4.69.